The Morgan fingerprint density at radius 1 is 1.26 bits per heavy atom. The molecule has 1 heterocycles. The monoisotopic (exact) mass is 483 g/mol. The highest BCUT2D eigenvalue weighted by Gasteiger charge is 2.51. The summed E-state index contributed by atoms with van der Waals surface area (Å²) < 4.78 is 17.6. The topological polar surface area (TPSA) is 57.1 Å². The Bertz CT molecular complexity index is 973. The Morgan fingerprint density at radius 3 is 2.62 bits per heavy atom. The van der Waals surface area contributed by atoms with E-state index in [1.807, 2.05) is 6.92 Å². The van der Waals surface area contributed by atoms with Crippen molar-refractivity contribution < 1.29 is 19.0 Å². The first-order chi connectivity index (χ1) is 16.0. The number of rotatable bonds is 10. The van der Waals surface area contributed by atoms with Crippen LogP contribution in [0.3, 0.4) is 0 Å². The lowest BCUT2D eigenvalue weighted by molar-refractivity contribution is -0.143. The van der Waals surface area contributed by atoms with Gasteiger partial charge in [0.05, 0.1) is 27.3 Å². The van der Waals surface area contributed by atoms with E-state index < -0.39 is 13.5 Å². The van der Waals surface area contributed by atoms with Gasteiger partial charge in [-0.15, -0.1) is 0 Å². The number of carbonyl (C=O) groups excluding carboxylic acids is 1. The molecule has 34 heavy (non-hydrogen) atoms. The summed E-state index contributed by atoms with van der Waals surface area (Å²) in [5.41, 5.74) is 3.90. The minimum Gasteiger partial charge on any atom is -0.500 e. The molecule has 1 aliphatic heterocycles. The van der Waals surface area contributed by atoms with Gasteiger partial charge in [-0.1, -0.05) is 55.7 Å². The smallest absolute Gasteiger partial charge is 0.305 e. The van der Waals surface area contributed by atoms with Gasteiger partial charge in [0.15, 0.2) is 0 Å². The second-order valence-electron chi connectivity index (χ2n) is 11.0. The summed E-state index contributed by atoms with van der Waals surface area (Å²) in [5.74, 6) is 1.59. The standard InChI is InChI=1S/C28H41NO4Si/c1-8-32-25(30)16-11-17-28(26-29-27(2,3)20-33-26)23-15-10-9-14-22(23)21(19-24(28)31-4)13-12-18-34(5,6)7/h9-10,12,14-15,18-19,21H,8,11,13,16-17,20H2,1-7H3/b18-12+/t21?,28-/m1/s1. The van der Waals surface area contributed by atoms with E-state index >= 15 is 0 Å². The van der Waals surface area contributed by atoms with Crippen molar-refractivity contribution in [3.63, 3.8) is 0 Å². The number of hydrogen-bond donors (Lipinski definition) is 0. The molecule has 0 saturated carbocycles. The van der Waals surface area contributed by atoms with E-state index in [0.717, 1.165) is 12.2 Å². The quantitative estimate of drug-likeness (QED) is 0.289. The summed E-state index contributed by atoms with van der Waals surface area (Å²) in [7, 11) is 0.457. The highest BCUT2D eigenvalue weighted by atomic mass is 28.3. The van der Waals surface area contributed by atoms with Gasteiger partial charge in [0.2, 0.25) is 5.90 Å². The van der Waals surface area contributed by atoms with Crippen molar-refractivity contribution in [2.45, 2.75) is 83.0 Å². The van der Waals surface area contributed by atoms with Gasteiger partial charge in [0.25, 0.3) is 0 Å². The molecule has 5 nitrogen and oxygen atoms in total. The van der Waals surface area contributed by atoms with E-state index in [0.29, 0.717) is 38.4 Å². The summed E-state index contributed by atoms with van der Waals surface area (Å²) in [6, 6.07) is 8.57. The molecular weight excluding hydrogens is 442 g/mol. The third-order valence-corrected chi connectivity index (χ3v) is 7.63. The van der Waals surface area contributed by atoms with Crippen molar-refractivity contribution in [3.05, 3.63) is 59.0 Å². The predicted molar refractivity (Wildman–Crippen MR) is 141 cm³/mol. The van der Waals surface area contributed by atoms with Gasteiger partial charge in [-0.25, -0.2) is 4.99 Å². The molecule has 6 heteroatoms. The molecule has 0 bridgehead atoms. The van der Waals surface area contributed by atoms with Crippen molar-refractivity contribution in [2.75, 3.05) is 20.3 Å². The number of methoxy groups -OCH3 is 1. The van der Waals surface area contributed by atoms with Gasteiger partial charge in [-0.3, -0.25) is 4.79 Å². The molecule has 1 aromatic rings. The molecule has 2 aliphatic rings. The maximum absolute atomic E-state index is 12.1. The molecule has 0 aromatic heterocycles. The first-order valence-electron chi connectivity index (χ1n) is 12.4. The first kappa shape index (κ1) is 26.3. The minimum atomic E-state index is -1.27. The van der Waals surface area contributed by atoms with Gasteiger partial charge >= 0.3 is 5.97 Å². The lowest BCUT2D eigenvalue weighted by Gasteiger charge is -2.41. The van der Waals surface area contributed by atoms with E-state index in [-0.39, 0.29) is 17.4 Å². The average molecular weight is 484 g/mol. The molecule has 186 valence electrons. The molecular formula is C28H41NO4Si. The summed E-state index contributed by atoms with van der Waals surface area (Å²) in [6.45, 7) is 14.0. The van der Waals surface area contributed by atoms with Crippen LogP contribution in [0.1, 0.15) is 63.5 Å². The average Bonchev–Trinajstić information content (AvgIpc) is 3.14. The van der Waals surface area contributed by atoms with Crippen molar-refractivity contribution >= 4 is 19.9 Å². The normalized spacial score (nSPS) is 23.7. The number of fused-ring (bicyclic) bond motifs is 1. The minimum absolute atomic E-state index is 0.173. The number of ether oxygens (including phenoxy) is 3. The fourth-order valence-electron chi connectivity index (χ4n) is 4.88. The number of aliphatic imine (C=N–C) groups is 1. The summed E-state index contributed by atoms with van der Waals surface area (Å²) in [6.07, 6.45) is 7.17. The first-order valence-corrected chi connectivity index (χ1v) is 16.0. The van der Waals surface area contributed by atoms with E-state index in [1.54, 1.807) is 7.11 Å². The van der Waals surface area contributed by atoms with Gasteiger partial charge in [-0.2, -0.15) is 0 Å². The fraction of sp³-hybridized carbons (Fsp3) is 0.571. The molecule has 0 amide bonds. The second kappa shape index (κ2) is 10.5. The molecule has 0 radical (unpaired) electrons. The molecule has 1 unspecified atom stereocenters. The number of allylic oxidation sites excluding steroid dienone is 2. The van der Waals surface area contributed by atoms with Crippen LogP contribution in [0.2, 0.25) is 19.6 Å². The fourth-order valence-corrected chi connectivity index (χ4v) is 5.72. The van der Waals surface area contributed by atoms with Crippen LogP contribution in [0.15, 0.2) is 52.9 Å². The number of benzene rings is 1. The highest BCUT2D eigenvalue weighted by Crippen LogP contribution is 2.49. The largest absolute Gasteiger partial charge is 0.500 e. The van der Waals surface area contributed by atoms with Crippen LogP contribution in [-0.2, 0) is 24.4 Å². The van der Waals surface area contributed by atoms with Crippen LogP contribution in [-0.4, -0.2) is 45.8 Å². The molecule has 0 spiro atoms. The van der Waals surface area contributed by atoms with Crippen molar-refractivity contribution in [2.24, 2.45) is 4.99 Å². The number of esters is 1. The molecule has 3 rings (SSSR count). The zero-order valence-electron chi connectivity index (χ0n) is 21.9. The summed E-state index contributed by atoms with van der Waals surface area (Å²) in [4.78, 5) is 17.1. The second-order valence-corrected chi connectivity index (χ2v) is 16.1. The van der Waals surface area contributed by atoms with Crippen LogP contribution in [0.4, 0.5) is 0 Å². The molecule has 2 atom stereocenters. The lowest BCUT2D eigenvalue weighted by atomic mass is 9.66. The van der Waals surface area contributed by atoms with Gasteiger partial charge < -0.3 is 14.2 Å². The van der Waals surface area contributed by atoms with Gasteiger partial charge in [0.1, 0.15) is 17.8 Å². The third-order valence-electron chi connectivity index (χ3n) is 6.39. The Morgan fingerprint density at radius 2 is 2.00 bits per heavy atom. The van der Waals surface area contributed by atoms with E-state index in [4.69, 9.17) is 19.2 Å². The van der Waals surface area contributed by atoms with E-state index in [1.165, 1.54) is 11.1 Å². The van der Waals surface area contributed by atoms with Crippen molar-refractivity contribution in [1.29, 1.82) is 0 Å². The van der Waals surface area contributed by atoms with Gasteiger partial charge in [-0.05, 0) is 57.2 Å². The maximum atomic E-state index is 12.1. The van der Waals surface area contributed by atoms with Crippen molar-refractivity contribution in [3.8, 4) is 0 Å². The molecule has 1 aliphatic carbocycles. The molecule has 0 N–H and O–H groups in total. The van der Waals surface area contributed by atoms with Crippen LogP contribution in [0.25, 0.3) is 0 Å². The Labute approximate surface area is 206 Å². The van der Waals surface area contributed by atoms with Crippen molar-refractivity contribution in [1.82, 2.24) is 0 Å². The molecule has 0 fully saturated rings. The highest BCUT2D eigenvalue weighted by molar-refractivity contribution is 6.80. The molecule has 1 aromatic carbocycles. The van der Waals surface area contributed by atoms with Crippen LogP contribution in [0, 0.1) is 0 Å². The molecule has 0 saturated heterocycles. The number of carbonyl (C=O) groups is 1. The van der Waals surface area contributed by atoms with Crippen LogP contribution in [0.5, 0.6) is 0 Å². The maximum Gasteiger partial charge on any atom is 0.305 e. The predicted octanol–water partition coefficient (Wildman–Crippen LogP) is 6.32. The Balaban J connectivity index is 2.07. The van der Waals surface area contributed by atoms with E-state index in [2.05, 4.69) is 75.6 Å². The van der Waals surface area contributed by atoms with Crippen LogP contribution >= 0.6 is 0 Å². The Kier molecular flexibility index (Phi) is 8.12. The summed E-state index contributed by atoms with van der Waals surface area (Å²) in [5, 5.41) is 0. The third kappa shape index (κ3) is 5.83. The van der Waals surface area contributed by atoms with Gasteiger partial charge in [0, 0.05) is 12.3 Å². The van der Waals surface area contributed by atoms with E-state index in [9.17, 15) is 4.79 Å². The zero-order chi connectivity index (χ0) is 25.0. The number of nitrogens with zero attached hydrogens (tertiary/aromatic N) is 1. The Hall–Kier alpha value is -2.34. The zero-order valence-corrected chi connectivity index (χ0v) is 22.9. The lowest BCUT2D eigenvalue weighted by Crippen LogP contribution is -2.42. The number of hydrogen-bond acceptors (Lipinski definition) is 5. The van der Waals surface area contributed by atoms with Crippen LogP contribution < -0.4 is 0 Å². The SMILES string of the molecule is CCOC(=O)CCC[C@]1(C2=NC(C)(C)CO2)C(OC)=CC(C/C=C/[Si](C)(C)C)c2ccccc21. The summed E-state index contributed by atoms with van der Waals surface area (Å²) >= 11 is 0.